The van der Waals surface area contributed by atoms with Gasteiger partial charge in [0, 0.05) is 24.8 Å². The molecule has 16 heavy (non-hydrogen) atoms. The van der Waals surface area contributed by atoms with Gasteiger partial charge in [-0.25, -0.2) is 4.98 Å². The zero-order valence-corrected chi connectivity index (χ0v) is 9.61. The Balaban J connectivity index is 2.11. The van der Waals surface area contributed by atoms with E-state index in [2.05, 4.69) is 16.8 Å². The molecule has 3 N–H and O–H groups in total. The van der Waals surface area contributed by atoms with Gasteiger partial charge < -0.3 is 10.6 Å². The van der Waals surface area contributed by atoms with E-state index < -0.39 is 0 Å². The van der Waals surface area contributed by atoms with Crippen LogP contribution in [0.25, 0.3) is 0 Å². The van der Waals surface area contributed by atoms with Crippen molar-refractivity contribution in [1.29, 1.82) is 5.41 Å². The highest BCUT2D eigenvalue weighted by molar-refractivity contribution is 5.94. The smallest absolute Gasteiger partial charge is 0.128 e. The highest BCUT2D eigenvalue weighted by Gasteiger charge is 2.17. The first-order valence-corrected chi connectivity index (χ1v) is 5.72. The number of hydrogen-bond acceptors (Lipinski definition) is 3. The summed E-state index contributed by atoms with van der Waals surface area (Å²) in [5.41, 5.74) is 6.08. The SMILES string of the molecule is CC1CCCN(c2ccc(C(=N)N)cn2)C1. The minimum absolute atomic E-state index is 0.0751. The molecule has 0 radical (unpaired) electrons. The fourth-order valence-corrected chi connectivity index (χ4v) is 2.13. The van der Waals surface area contributed by atoms with E-state index in [1.165, 1.54) is 12.8 Å². The molecule has 0 aliphatic carbocycles. The Morgan fingerprint density at radius 2 is 2.38 bits per heavy atom. The summed E-state index contributed by atoms with van der Waals surface area (Å²) in [5.74, 6) is 1.81. The Hall–Kier alpha value is -1.58. The zero-order valence-electron chi connectivity index (χ0n) is 9.61. The fourth-order valence-electron chi connectivity index (χ4n) is 2.13. The van der Waals surface area contributed by atoms with Crippen LogP contribution in [-0.2, 0) is 0 Å². The summed E-state index contributed by atoms with van der Waals surface area (Å²) in [7, 11) is 0. The summed E-state index contributed by atoms with van der Waals surface area (Å²) >= 11 is 0. The summed E-state index contributed by atoms with van der Waals surface area (Å²) in [6, 6.07) is 3.82. The van der Waals surface area contributed by atoms with Crippen molar-refractivity contribution in [3.8, 4) is 0 Å². The van der Waals surface area contributed by atoms with Gasteiger partial charge in [-0.15, -0.1) is 0 Å². The zero-order chi connectivity index (χ0) is 11.5. The maximum Gasteiger partial charge on any atom is 0.128 e. The molecule has 1 aliphatic heterocycles. The third kappa shape index (κ3) is 2.32. The number of nitrogen functional groups attached to an aromatic ring is 1. The van der Waals surface area contributed by atoms with Crippen molar-refractivity contribution in [1.82, 2.24) is 4.98 Å². The molecule has 1 aromatic heterocycles. The van der Waals surface area contributed by atoms with Gasteiger partial charge in [-0.3, -0.25) is 5.41 Å². The Morgan fingerprint density at radius 3 is 2.94 bits per heavy atom. The number of pyridine rings is 1. The molecule has 2 heterocycles. The molecule has 1 fully saturated rings. The number of aromatic nitrogens is 1. The van der Waals surface area contributed by atoms with Crippen LogP contribution in [0.5, 0.6) is 0 Å². The van der Waals surface area contributed by atoms with Gasteiger partial charge in [0.25, 0.3) is 0 Å². The Bertz CT molecular complexity index is 371. The quantitative estimate of drug-likeness (QED) is 0.585. The predicted octanol–water partition coefficient (Wildman–Crippen LogP) is 1.60. The molecule has 2 rings (SSSR count). The molecule has 0 bridgehead atoms. The monoisotopic (exact) mass is 218 g/mol. The van der Waals surface area contributed by atoms with Gasteiger partial charge in [-0.1, -0.05) is 6.92 Å². The average molecular weight is 218 g/mol. The van der Waals surface area contributed by atoms with Gasteiger partial charge in [0.15, 0.2) is 0 Å². The minimum Gasteiger partial charge on any atom is -0.384 e. The van der Waals surface area contributed by atoms with Crippen LogP contribution in [0.1, 0.15) is 25.3 Å². The van der Waals surface area contributed by atoms with Crippen LogP contribution in [-0.4, -0.2) is 23.9 Å². The van der Waals surface area contributed by atoms with E-state index in [0.29, 0.717) is 5.56 Å². The summed E-state index contributed by atoms with van der Waals surface area (Å²) < 4.78 is 0. The molecule has 1 aliphatic rings. The Kier molecular flexibility index (Phi) is 3.08. The first-order valence-electron chi connectivity index (χ1n) is 5.72. The number of anilines is 1. The van der Waals surface area contributed by atoms with E-state index in [1.54, 1.807) is 6.20 Å². The Labute approximate surface area is 96.0 Å². The number of rotatable bonds is 2. The van der Waals surface area contributed by atoms with E-state index in [-0.39, 0.29) is 5.84 Å². The molecule has 1 unspecified atom stereocenters. The number of piperidine rings is 1. The van der Waals surface area contributed by atoms with Gasteiger partial charge >= 0.3 is 0 Å². The van der Waals surface area contributed by atoms with Crippen LogP contribution in [0.3, 0.4) is 0 Å². The van der Waals surface area contributed by atoms with E-state index in [4.69, 9.17) is 11.1 Å². The summed E-state index contributed by atoms with van der Waals surface area (Å²) in [6.07, 6.45) is 4.22. The molecule has 1 aromatic rings. The first-order chi connectivity index (χ1) is 7.66. The van der Waals surface area contributed by atoms with Crippen molar-refractivity contribution in [2.75, 3.05) is 18.0 Å². The highest BCUT2D eigenvalue weighted by atomic mass is 15.2. The molecule has 86 valence electrons. The number of nitrogens with two attached hydrogens (primary N) is 1. The third-order valence-corrected chi connectivity index (χ3v) is 3.04. The van der Waals surface area contributed by atoms with E-state index >= 15 is 0 Å². The molecule has 1 saturated heterocycles. The topological polar surface area (TPSA) is 66.0 Å². The summed E-state index contributed by atoms with van der Waals surface area (Å²) in [5, 5.41) is 7.31. The lowest BCUT2D eigenvalue weighted by molar-refractivity contribution is 0.444. The molecule has 0 saturated carbocycles. The first kappa shape index (κ1) is 10.9. The van der Waals surface area contributed by atoms with Crippen LogP contribution in [0.2, 0.25) is 0 Å². The Morgan fingerprint density at radius 1 is 1.56 bits per heavy atom. The maximum atomic E-state index is 7.31. The largest absolute Gasteiger partial charge is 0.384 e. The molecular formula is C12H18N4. The van der Waals surface area contributed by atoms with Crippen LogP contribution in [0.15, 0.2) is 18.3 Å². The summed E-state index contributed by atoms with van der Waals surface area (Å²) in [4.78, 5) is 6.67. The molecule has 0 spiro atoms. The van der Waals surface area contributed by atoms with Crippen molar-refractivity contribution in [3.63, 3.8) is 0 Å². The van der Waals surface area contributed by atoms with Crippen LogP contribution in [0, 0.1) is 11.3 Å². The van der Waals surface area contributed by atoms with E-state index in [9.17, 15) is 0 Å². The van der Waals surface area contributed by atoms with Crippen molar-refractivity contribution < 1.29 is 0 Å². The maximum absolute atomic E-state index is 7.31. The fraction of sp³-hybridized carbons (Fsp3) is 0.500. The molecule has 1 atom stereocenters. The molecule has 0 aromatic carbocycles. The second-order valence-corrected chi connectivity index (χ2v) is 4.51. The van der Waals surface area contributed by atoms with Crippen molar-refractivity contribution in [3.05, 3.63) is 23.9 Å². The standard InChI is InChI=1S/C12H18N4/c1-9-3-2-6-16(8-9)11-5-4-10(7-15-11)12(13)14/h4-5,7,9H,2-3,6,8H2,1H3,(H3,13,14). The second kappa shape index (κ2) is 4.51. The van der Waals surface area contributed by atoms with Gasteiger partial charge in [0.05, 0.1) is 0 Å². The van der Waals surface area contributed by atoms with Gasteiger partial charge in [-0.05, 0) is 30.9 Å². The normalized spacial score (nSPS) is 20.8. The minimum atomic E-state index is 0.0751. The number of hydrogen-bond donors (Lipinski definition) is 2. The van der Waals surface area contributed by atoms with Gasteiger partial charge in [0.1, 0.15) is 11.7 Å². The van der Waals surface area contributed by atoms with Crippen LogP contribution in [0.4, 0.5) is 5.82 Å². The highest BCUT2D eigenvalue weighted by Crippen LogP contribution is 2.20. The van der Waals surface area contributed by atoms with Gasteiger partial charge in [0.2, 0.25) is 0 Å². The van der Waals surface area contributed by atoms with Crippen LogP contribution < -0.4 is 10.6 Å². The number of nitrogens with one attached hydrogen (secondary N) is 1. The van der Waals surface area contributed by atoms with E-state index in [0.717, 1.165) is 24.8 Å². The van der Waals surface area contributed by atoms with E-state index in [1.807, 2.05) is 12.1 Å². The summed E-state index contributed by atoms with van der Waals surface area (Å²) in [6.45, 7) is 4.43. The number of nitrogens with zero attached hydrogens (tertiary/aromatic N) is 2. The van der Waals surface area contributed by atoms with Crippen molar-refractivity contribution in [2.45, 2.75) is 19.8 Å². The molecule has 4 heteroatoms. The van der Waals surface area contributed by atoms with Crippen molar-refractivity contribution in [2.24, 2.45) is 11.7 Å². The molecule has 4 nitrogen and oxygen atoms in total. The molecule has 0 amide bonds. The average Bonchev–Trinajstić information content (AvgIpc) is 2.29. The number of amidine groups is 1. The van der Waals surface area contributed by atoms with Crippen molar-refractivity contribution >= 4 is 11.7 Å². The molecular weight excluding hydrogens is 200 g/mol. The lowest BCUT2D eigenvalue weighted by Crippen LogP contribution is -2.34. The third-order valence-electron chi connectivity index (χ3n) is 3.04. The van der Waals surface area contributed by atoms with Gasteiger partial charge in [-0.2, -0.15) is 0 Å². The lowest BCUT2D eigenvalue weighted by atomic mass is 10.0. The lowest BCUT2D eigenvalue weighted by Gasteiger charge is -2.31. The van der Waals surface area contributed by atoms with Crippen LogP contribution >= 0.6 is 0 Å². The second-order valence-electron chi connectivity index (χ2n) is 4.51. The predicted molar refractivity (Wildman–Crippen MR) is 65.9 cm³/mol.